The number of ether oxygens (including phenoxy) is 1. The molecule has 0 N–H and O–H groups in total. The molecule has 5 heteroatoms. The monoisotopic (exact) mass is 266 g/mol. The number of likely N-dealkylation sites (tertiary alicyclic amines) is 2. The Kier molecular flexibility index (Phi) is 3.25. The first-order chi connectivity index (χ1) is 9.10. The number of rotatable bonds is 1. The minimum Gasteiger partial charge on any atom is -0.368 e. The van der Waals surface area contributed by atoms with Crippen LogP contribution in [0.25, 0.3) is 0 Å². The summed E-state index contributed by atoms with van der Waals surface area (Å²) in [6.45, 7) is 5.63. The third-order valence-electron chi connectivity index (χ3n) is 4.84. The summed E-state index contributed by atoms with van der Waals surface area (Å²) in [5.74, 6) is 0.316. The Morgan fingerprint density at radius 2 is 1.84 bits per heavy atom. The van der Waals surface area contributed by atoms with E-state index < -0.39 is 0 Å². The molecule has 2 atom stereocenters. The average molecular weight is 266 g/mol. The van der Waals surface area contributed by atoms with Gasteiger partial charge < -0.3 is 14.5 Å². The van der Waals surface area contributed by atoms with E-state index in [9.17, 15) is 9.59 Å². The van der Waals surface area contributed by atoms with Crippen LogP contribution in [0.2, 0.25) is 0 Å². The van der Waals surface area contributed by atoms with Crippen LogP contribution in [0, 0.1) is 5.41 Å². The third kappa shape index (κ3) is 2.36. The second kappa shape index (κ2) is 4.78. The summed E-state index contributed by atoms with van der Waals surface area (Å²) >= 11 is 0. The first kappa shape index (κ1) is 12.9. The number of amides is 2. The predicted octanol–water partition coefficient (Wildman–Crippen LogP) is 0.636. The van der Waals surface area contributed by atoms with Crippen molar-refractivity contribution in [3.05, 3.63) is 0 Å². The standard InChI is InChI=1S/C14H22N2O3/c1-11(17)15-6-4-14(9-15)5-7-16(10-14)13(18)12-3-2-8-19-12/h12H,2-10H2,1H3/t12-,14-/m1/s1. The maximum atomic E-state index is 12.3. The molecular weight excluding hydrogens is 244 g/mol. The molecule has 3 heterocycles. The number of nitrogens with zero attached hydrogens (tertiary/aromatic N) is 2. The fraction of sp³-hybridized carbons (Fsp3) is 0.857. The van der Waals surface area contributed by atoms with Crippen LogP contribution in [0.1, 0.15) is 32.6 Å². The van der Waals surface area contributed by atoms with Crippen molar-refractivity contribution in [1.29, 1.82) is 0 Å². The molecule has 2 amide bonds. The van der Waals surface area contributed by atoms with Crippen LogP contribution in [-0.4, -0.2) is 60.5 Å². The summed E-state index contributed by atoms with van der Waals surface area (Å²) in [7, 11) is 0. The van der Waals surface area contributed by atoms with Crippen molar-refractivity contribution in [3.63, 3.8) is 0 Å². The van der Waals surface area contributed by atoms with E-state index in [0.717, 1.165) is 51.9 Å². The van der Waals surface area contributed by atoms with E-state index in [-0.39, 0.29) is 23.3 Å². The Morgan fingerprint density at radius 1 is 1.16 bits per heavy atom. The molecule has 3 aliphatic rings. The molecule has 3 aliphatic heterocycles. The van der Waals surface area contributed by atoms with Gasteiger partial charge >= 0.3 is 0 Å². The molecule has 3 rings (SSSR count). The largest absolute Gasteiger partial charge is 0.368 e. The van der Waals surface area contributed by atoms with Gasteiger partial charge in [0, 0.05) is 45.1 Å². The van der Waals surface area contributed by atoms with Crippen molar-refractivity contribution in [2.75, 3.05) is 32.8 Å². The van der Waals surface area contributed by atoms with Gasteiger partial charge in [-0.1, -0.05) is 0 Å². The first-order valence-corrected chi connectivity index (χ1v) is 7.26. The molecule has 0 saturated carbocycles. The van der Waals surface area contributed by atoms with E-state index in [4.69, 9.17) is 4.74 Å². The molecule has 0 aromatic rings. The summed E-state index contributed by atoms with van der Waals surface area (Å²) in [5, 5.41) is 0. The van der Waals surface area contributed by atoms with Gasteiger partial charge in [-0.3, -0.25) is 9.59 Å². The highest BCUT2D eigenvalue weighted by Crippen LogP contribution is 2.40. The maximum Gasteiger partial charge on any atom is 0.251 e. The van der Waals surface area contributed by atoms with Gasteiger partial charge in [-0.25, -0.2) is 0 Å². The zero-order chi connectivity index (χ0) is 13.5. The number of carbonyl (C=O) groups is 2. The molecule has 0 aromatic carbocycles. The highest BCUT2D eigenvalue weighted by Gasteiger charge is 2.46. The minimum atomic E-state index is -0.208. The molecular formula is C14H22N2O3. The van der Waals surface area contributed by atoms with E-state index in [1.54, 1.807) is 6.92 Å². The highest BCUT2D eigenvalue weighted by molar-refractivity contribution is 5.81. The van der Waals surface area contributed by atoms with Crippen molar-refractivity contribution < 1.29 is 14.3 Å². The molecule has 0 radical (unpaired) electrons. The van der Waals surface area contributed by atoms with E-state index in [2.05, 4.69) is 0 Å². The van der Waals surface area contributed by atoms with Crippen LogP contribution in [0.4, 0.5) is 0 Å². The van der Waals surface area contributed by atoms with Crippen LogP contribution in [-0.2, 0) is 14.3 Å². The summed E-state index contributed by atoms with van der Waals surface area (Å²) in [5.41, 5.74) is 0.153. The summed E-state index contributed by atoms with van der Waals surface area (Å²) < 4.78 is 5.48. The van der Waals surface area contributed by atoms with E-state index in [1.165, 1.54) is 0 Å². The summed E-state index contributed by atoms with van der Waals surface area (Å²) in [6.07, 6.45) is 3.70. The summed E-state index contributed by atoms with van der Waals surface area (Å²) in [6, 6.07) is 0. The molecule has 19 heavy (non-hydrogen) atoms. The first-order valence-electron chi connectivity index (χ1n) is 7.26. The van der Waals surface area contributed by atoms with Gasteiger partial charge in [-0.15, -0.1) is 0 Å². The Hall–Kier alpha value is -1.10. The highest BCUT2D eigenvalue weighted by atomic mass is 16.5. The molecule has 0 aromatic heterocycles. The molecule has 3 saturated heterocycles. The fourth-order valence-electron chi connectivity index (χ4n) is 3.64. The van der Waals surface area contributed by atoms with Gasteiger partial charge in [0.15, 0.2) is 0 Å². The van der Waals surface area contributed by atoms with E-state index in [1.807, 2.05) is 9.80 Å². The number of hydrogen-bond acceptors (Lipinski definition) is 3. The van der Waals surface area contributed by atoms with Gasteiger partial charge in [0.05, 0.1) is 0 Å². The third-order valence-corrected chi connectivity index (χ3v) is 4.84. The van der Waals surface area contributed by atoms with Crippen LogP contribution in [0.3, 0.4) is 0 Å². The lowest BCUT2D eigenvalue weighted by Gasteiger charge is -2.25. The topological polar surface area (TPSA) is 49.9 Å². The summed E-state index contributed by atoms with van der Waals surface area (Å²) in [4.78, 5) is 27.6. The SMILES string of the molecule is CC(=O)N1CC[C@@]2(CCN(C(=O)[C@H]3CCCO3)C2)C1. The van der Waals surface area contributed by atoms with Crippen molar-refractivity contribution in [2.45, 2.75) is 38.7 Å². The number of carbonyl (C=O) groups excluding carboxylic acids is 2. The van der Waals surface area contributed by atoms with Crippen LogP contribution in [0.15, 0.2) is 0 Å². The molecule has 0 aliphatic carbocycles. The Balaban J connectivity index is 1.61. The van der Waals surface area contributed by atoms with Gasteiger partial charge in [0.2, 0.25) is 5.91 Å². The van der Waals surface area contributed by atoms with Crippen LogP contribution < -0.4 is 0 Å². The normalized spacial score (nSPS) is 34.5. The van der Waals surface area contributed by atoms with Gasteiger partial charge in [0.25, 0.3) is 5.91 Å². The molecule has 1 spiro atoms. The quantitative estimate of drug-likeness (QED) is 0.699. The second-order valence-electron chi connectivity index (χ2n) is 6.20. The van der Waals surface area contributed by atoms with Crippen molar-refractivity contribution in [2.24, 2.45) is 5.41 Å². The second-order valence-corrected chi connectivity index (χ2v) is 6.20. The number of hydrogen-bond donors (Lipinski definition) is 0. The molecule has 0 unspecified atom stereocenters. The molecule has 5 nitrogen and oxygen atoms in total. The predicted molar refractivity (Wildman–Crippen MR) is 69.5 cm³/mol. The maximum absolute atomic E-state index is 12.3. The average Bonchev–Trinajstić information content (AvgIpc) is 3.11. The van der Waals surface area contributed by atoms with Crippen molar-refractivity contribution in [3.8, 4) is 0 Å². The Bertz CT molecular complexity index is 392. The zero-order valence-electron chi connectivity index (χ0n) is 11.6. The molecule has 3 fully saturated rings. The molecule has 0 bridgehead atoms. The lowest BCUT2D eigenvalue weighted by molar-refractivity contribution is -0.140. The van der Waals surface area contributed by atoms with Crippen molar-refractivity contribution in [1.82, 2.24) is 9.80 Å². The molecule has 106 valence electrons. The van der Waals surface area contributed by atoms with Crippen molar-refractivity contribution >= 4 is 11.8 Å². The van der Waals surface area contributed by atoms with Crippen LogP contribution >= 0.6 is 0 Å². The smallest absolute Gasteiger partial charge is 0.251 e. The van der Waals surface area contributed by atoms with E-state index >= 15 is 0 Å². The Labute approximate surface area is 113 Å². The Morgan fingerprint density at radius 3 is 2.42 bits per heavy atom. The van der Waals surface area contributed by atoms with Gasteiger partial charge in [-0.2, -0.15) is 0 Å². The fourth-order valence-corrected chi connectivity index (χ4v) is 3.64. The lowest BCUT2D eigenvalue weighted by atomic mass is 9.86. The minimum absolute atomic E-state index is 0.153. The van der Waals surface area contributed by atoms with Gasteiger partial charge in [-0.05, 0) is 25.7 Å². The van der Waals surface area contributed by atoms with Gasteiger partial charge in [0.1, 0.15) is 6.10 Å². The zero-order valence-corrected chi connectivity index (χ0v) is 11.6. The van der Waals surface area contributed by atoms with E-state index in [0.29, 0.717) is 6.61 Å². The lowest BCUT2D eigenvalue weighted by Crippen LogP contribution is -2.39. The van der Waals surface area contributed by atoms with Crippen LogP contribution in [0.5, 0.6) is 0 Å².